The molecule has 1 saturated heterocycles. The monoisotopic (exact) mass is 538 g/mol. The lowest BCUT2D eigenvalue weighted by Crippen LogP contribution is -2.48. The summed E-state index contributed by atoms with van der Waals surface area (Å²) in [6.45, 7) is 11.5. The fourth-order valence-electron chi connectivity index (χ4n) is 3.23. The van der Waals surface area contributed by atoms with Crippen LogP contribution >= 0.6 is 24.0 Å². The van der Waals surface area contributed by atoms with Crippen LogP contribution in [0, 0.1) is 5.92 Å². The molecule has 1 aliphatic heterocycles. The third-order valence-corrected chi connectivity index (χ3v) is 6.56. The SMILES string of the molecule is CCNC(=NCC(C(C)C)N1CCOCC1)NCCS(=O)(=O)c1ccccc1.I. The largest absolute Gasteiger partial charge is 0.379 e. The second-order valence-electron chi connectivity index (χ2n) is 7.24. The van der Waals surface area contributed by atoms with Crippen LogP contribution in [0.25, 0.3) is 0 Å². The van der Waals surface area contributed by atoms with Gasteiger partial charge in [-0.25, -0.2) is 8.42 Å². The molecule has 0 aromatic heterocycles. The van der Waals surface area contributed by atoms with E-state index >= 15 is 0 Å². The van der Waals surface area contributed by atoms with Crippen LogP contribution in [-0.4, -0.2) is 77.0 Å². The van der Waals surface area contributed by atoms with Crippen LogP contribution in [-0.2, 0) is 14.6 Å². The van der Waals surface area contributed by atoms with Gasteiger partial charge in [-0.15, -0.1) is 24.0 Å². The Hall–Kier alpha value is -0.910. The highest BCUT2D eigenvalue weighted by Gasteiger charge is 2.23. The Labute approximate surface area is 192 Å². The molecule has 1 aromatic carbocycles. The minimum atomic E-state index is -3.30. The predicted octanol–water partition coefficient (Wildman–Crippen LogP) is 1.99. The summed E-state index contributed by atoms with van der Waals surface area (Å²) >= 11 is 0. The molecule has 9 heteroatoms. The molecule has 1 atom stereocenters. The van der Waals surface area contributed by atoms with E-state index in [9.17, 15) is 8.42 Å². The number of morpholine rings is 1. The topological polar surface area (TPSA) is 83.0 Å². The summed E-state index contributed by atoms with van der Waals surface area (Å²) in [4.78, 5) is 7.50. The minimum absolute atomic E-state index is 0. The van der Waals surface area contributed by atoms with Crippen molar-refractivity contribution < 1.29 is 13.2 Å². The summed E-state index contributed by atoms with van der Waals surface area (Å²) in [5.41, 5.74) is 0. The molecule has 0 amide bonds. The van der Waals surface area contributed by atoms with E-state index in [1.807, 2.05) is 13.0 Å². The second kappa shape index (κ2) is 13.4. The summed E-state index contributed by atoms with van der Waals surface area (Å²) in [6, 6.07) is 8.89. The van der Waals surface area contributed by atoms with Crippen molar-refractivity contribution in [3.8, 4) is 0 Å². The average Bonchev–Trinajstić information content (AvgIpc) is 2.69. The number of aliphatic imine (C=N–C) groups is 1. The number of nitrogens with zero attached hydrogens (tertiary/aromatic N) is 2. The first-order chi connectivity index (χ1) is 13.4. The molecule has 0 saturated carbocycles. The maximum Gasteiger partial charge on any atom is 0.191 e. The Kier molecular flexibility index (Phi) is 12.1. The zero-order chi connectivity index (χ0) is 20.4. The van der Waals surface area contributed by atoms with Crippen molar-refractivity contribution in [2.45, 2.75) is 31.7 Å². The van der Waals surface area contributed by atoms with E-state index in [1.54, 1.807) is 24.3 Å². The summed E-state index contributed by atoms with van der Waals surface area (Å²) < 4.78 is 30.3. The molecule has 2 rings (SSSR count). The van der Waals surface area contributed by atoms with E-state index in [4.69, 9.17) is 9.73 Å². The zero-order valence-electron chi connectivity index (χ0n) is 17.6. The number of rotatable bonds is 9. The molecular formula is C20H35IN4O3S. The van der Waals surface area contributed by atoms with Gasteiger partial charge in [0.2, 0.25) is 0 Å². The molecule has 1 aliphatic rings. The minimum Gasteiger partial charge on any atom is -0.379 e. The van der Waals surface area contributed by atoms with E-state index < -0.39 is 9.84 Å². The summed E-state index contributed by atoms with van der Waals surface area (Å²) in [5.74, 6) is 1.16. The van der Waals surface area contributed by atoms with Crippen LogP contribution in [0.2, 0.25) is 0 Å². The van der Waals surface area contributed by atoms with Gasteiger partial charge < -0.3 is 15.4 Å². The van der Waals surface area contributed by atoms with Crippen molar-refractivity contribution in [2.24, 2.45) is 10.9 Å². The van der Waals surface area contributed by atoms with Gasteiger partial charge in [0.25, 0.3) is 0 Å². The lowest BCUT2D eigenvalue weighted by atomic mass is 10.0. The Balaban J connectivity index is 0.00000420. The Morgan fingerprint density at radius 3 is 2.41 bits per heavy atom. The van der Waals surface area contributed by atoms with Gasteiger partial charge in [0.15, 0.2) is 15.8 Å². The van der Waals surface area contributed by atoms with E-state index in [0.717, 1.165) is 32.8 Å². The van der Waals surface area contributed by atoms with E-state index in [-0.39, 0.29) is 29.7 Å². The molecule has 0 spiro atoms. The van der Waals surface area contributed by atoms with Crippen molar-refractivity contribution in [1.29, 1.82) is 0 Å². The number of sulfone groups is 1. The smallest absolute Gasteiger partial charge is 0.191 e. The quantitative estimate of drug-likeness (QED) is 0.285. The number of nitrogens with one attached hydrogen (secondary N) is 2. The second-order valence-corrected chi connectivity index (χ2v) is 9.35. The summed E-state index contributed by atoms with van der Waals surface area (Å²) in [6.07, 6.45) is 0. The Bertz CT molecular complexity index is 708. The predicted molar refractivity (Wildman–Crippen MR) is 129 cm³/mol. The third kappa shape index (κ3) is 8.77. The standard InChI is InChI=1S/C20H34N4O3S.HI/c1-4-21-20(22-10-15-28(25,26)18-8-6-5-7-9-18)23-16-19(17(2)3)24-11-13-27-14-12-24;/h5-9,17,19H,4,10-16H2,1-3H3,(H2,21,22,23);1H. The first kappa shape index (κ1) is 26.1. The van der Waals surface area contributed by atoms with Gasteiger partial charge in [-0.1, -0.05) is 32.0 Å². The Morgan fingerprint density at radius 2 is 1.83 bits per heavy atom. The molecule has 0 aliphatic carbocycles. The lowest BCUT2D eigenvalue weighted by Gasteiger charge is -2.36. The molecule has 1 aromatic rings. The van der Waals surface area contributed by atoms with Crippen LogP contribution in [0.4, 0.5) is 0 Å². The van der Waals surface area contributed by atoms with Gasteiger partial charge in [-0.3, -0.25) is 9.89 Å². The molecule has 1 heterocycles. The number of ether oxygens (including phenoxy) is 1. The van der Waals surface area contributed by atoms with Crippen molar-refractivity contribution >= 4 is 39.8 Å². The van der Waals surface area contributed by atoms with Crippen molar-refractivity contribution in [1.82, 2.24) is 15.5 Å². The molecule has 166 valence electrons. The molecule has 29 heavy (non-hydrogen) atoms. The normalized spacial score (nSPS) is 16.9. The maximum absolute atomic E-state index is 12.4. The first-order valence-corrected chi connectivity index (χ1v) is 11.7. The molecule has 0 radical (unpaired) electrons. The lowest BCUT2D eigenvalue weighted by molar-refractivity contribution is 0.00867. The number of halogens is 1. The molecule has 1 fully saturated rings. The Morgan fingerprint density at radius 1 is 1.17 bits per heavy atom. The van der Waals surface area contributed by atoms with Crippen molar-refractivity contribution in [3.63, 3.8) is 0 Å². The first-order valence-electron chi connectivity index (χ1n) is 10.1. The van der Waals surface area contributed by atoms with Gasteiger partial charge in [0.1, 0.15) is 0 Å². The molecule has 2 N–H and O–H groups in total. The molecule has 1 unspecified atom stereocenters. The average molecular weight is 538 g/mol. The van der Waals surface area contributed by atoms with E-state index in [1.165, 1.54) is 0 Å². The highest BCUT2D eigenvalue weighted by atomic mass is 127. The third-order valence-electron chi connectivity index (χ3n) is 4.83. The van der Waals surface area contributed by atoms with E-state index in [0.29, 0.717) is 35.9 Å². The number of hydrogen-bond donors (Lipinski definition) is 2. The van der Waals surface area contributed by atoms with Crippen LogP contribution in [0.5, 0.6) is 0 Å². The van der Waals surface area contributed by atoms with Crippen molar-refractivity contribution in [3.05, 3.63) is 30.3 Å². The van der Waals surface area contributed by atoms with Gasteiger partial charge in [0, 0.05) is 32.2 Å². The van der Waals surface area contributed by atoms with Crippen LogP contribution in [0.3, 0.4) is 0 Å². The number of benzene rings is 1. The molecule has 0 bridgehead atoms. The van der Waals surface area contributed by atoms with Gasteiger partial charge in [-0.05, 0) is 25.0 Å². The molecular weight excluding hydrogens is 503 g/mol. The van der Waals surface area contributed by atoms with Gasteiger partial charge in [-0.2, -0.15) is 0 Å². The van der Waals surface area contributed by atoms with Gasteiger partial charge >= 0.3 is 0 Å². The van der Waals surface area contributed by atoms with Gasteiger partial charge in [0.05, 0.1) is 30.4 Å². The van der Waals surface area contributed by atoms with Crippen molar-refractivity contribution in [2.75, 3.05) is 51.7 Å². The van der Waals surface area contributed by atoms with E-state index in [2.05, 4.69) is 29.4 Å². The summed E-state index contributed by atoms with van der Waals surface area (Å²) in [5, 5.41) is 6.37. The zero-order valence-corrected chi connectivity index (χ0v) is 20.8. The highest BCUT2D eigenvalue weighted by molar-refractivity contribution is 14.0. The number of hydrogen-bond acceptors (Lipinski definition) is 5. The fraction of sp³-hybridized carbons (Fsp3) is 0.650. The fourth-order valence-corrected chi connectivity index (χ4v) is 4.41. The highest BCUT2D eigenvalue weighted by Crippen LogP contribution is 2.13. The molecule has 7 nitrogen and oxygen atoms in total. The maximum atomic E-state index is 12.4. The van der Waals surface area contributed by atoms with Crippen LogP contribution in [0.1, 0.15) is 20.8 Å². The van der Waals surface area contributed by atoms with Crippen LogP contribution in [0.15, 0.2) is 40.2 Å². The number of guanidine groups is 1. The van der Waals surface area contributed by atoms with Crippen LogP contribution < -0.4 is 10.6 Å². The summed E-state index contributed by atoms with van der Waals surface area (Å²) in [7, 11) is -3.30.